The summed E-state index contributed by atoms with van der Waals surface area (Å²) in [5.41, 5.74) is 0. The first kappa shape index (κ1) is 12.0. The van der Waals surface area contributed by atoms with E-state index >= 15 is 0 Å². The first-order valence-electron chi connectivity index (χ1n) is 6.07. The van der Waals surface area contributed by atoms with Gasteiger partial charge in [-0.15, -0.1) is 0 Å². The summed E-state index contributed by atoms with van der Waals surface area (Å²) in [5.74, 6) is 1.21. The topological polar surface area (TPSA) is 80.0 Å². The molecule has 6 heteroatoms. The Morgan fingerprint density at radius 2 is 2.59 bits per heavy atom. The molecule has 1 saturated heterocycles. The fourth-order valence-electron chi connectivity index (χ4n) is 2.04. The summed E-state index contributed by atoms with van der Waals surface area (Å²) in [5, 5.41) is 9.76. The lowest BCUT2D eigenvalue weighted by atomic mass is 9.94. The zero-order valence-corrected chi connectivity index (χ0v) is 9.82. The van der Waals surface area contributed by atoms with Crippen LogP contribution in [0.15, 0.2) is 10.9 Å². The number of amides is 1. The maximum atomic E-state index is 11.6. The predicted octanol–water partition coefficient (Wildman–Crippen LogP) is 0.466. The minimum Gasteiger partial charge on any atom is -0.349 e. The predicted molar refractivity (Wildman–Crippen MR) is 61.0 cm³/mol. The van der Waals surface area contributed by atoms with E-state index in [2.05, 4.69) is 25.3 Å². The smallest absolute Gasteiger partial charge is 0.220 e. The highest BCUT2D eigenvalue weighted by Gasteiger charge is 2.14. The number of hydrogen-bond donors (Lipinski definition) is 2. The Bertz CT molecular complexity index is 333. The van der Waals surface area contributed by atoms with Crippen LogP contribution in [0.25, 0.3) is 0 Å². The molecule has 2 rings (SSSR count). The van der Waals surface area contributed by atoms with E-state index in [1.165, 1.54) is 19.2 Å². The molecule has 0 saturated carbocycles. The Labute approximate surface area is 100 Å². The van der Waals surface area contributed by atoms with Crippen molar-refractivity contribution in [3.8, 4) is 0 Å². The van der Waals surface area contributed by atoms with Crippen LogP contribution < -0.4 is 10.6 Å². The van der Waals surface area contributed by atoms with Crippen LogP contribution in [0.1, 0.15) is 31.5 Å². The van der Waals surface area contributed by atoms with E-state index in [0.29, 0.717) is 24.7 Å². The minimum absolute atomic E-state index is 0.0559. The summed E-state index contributed by atoms with van der Waals surface area (Å²) in [4.78, 5) is 15.4. The van der Waals surface area contributed by atoms with Gasteiger partial charge in [0.2, 0.25) is 12.3 Å². The normalized spacial score (nSPS) is 20.1. The molecule has 94 valence electrons. The highest BCUT2D eigenvalue weighted by molar-refractivity contribution is 5.75. The zero-order valence-electron chi connectivity index (χ0n) is 9.82. The molecule has 2 N–H and O–H groups in total. The lowest BCUT2D eigenvalue weighted by Crippen LogP contribution is -2.31. The molecule has 0 bridgehead atoms. The van der Waals surface area contributed by atoms with E-state index in [0.717, 1.165) is 19.5 Å². The largest absolute Gasteiger partial charge is 0.349 e. The molecule has 1 unspecified atom stereocenters. The lowest BCUT2D eigenvalue weighted by Gasteiger charge is -2.22. The SMILES string of the molecule is O=C(CCC1CCCNC1)NCc1ncon1. The number of piperidine rings is 1. The summed E-state index contributed by atoms with van der Waals surface area (Å²) in [7, 11) is 0. The van der Waals surface area contributed by atoms with Gasteiger partial charge in [-0.1, -0.05) is 5.16 Å². The van der Waals surface area contributed by atoms with E-state index < -0.39 is 0 Å². The van der Waals surface area contributed by atoms with Gasteiger partial charge >= 0.3 is 0 Å². The quantitative estimate of drug-likeness (QED) is 0.779. The van der Waals surface area contributed by atoms with E-state index in [9.17, 15) is 4.79 Å². The second-order valence-electron chi connectivity index (χ2n) is 4.38. The van der Waals surface area contributed by atoms with Crippen molar-refractivity contribution in [1.29, 1.82) is 0 Å². The molecular formula is C11H18N4O2. The third-order valence-corrected chi connectivity index (χ3v) is 3.03. The Hall–Kier alpha value is -1.43. The molecule has 17 heavy (non-hydrogen) atoms. The summed E-state index contributed by atoms with van der Waals surface area (Å²) in [6, 6.07) is 0. The second-order valence-corrected chi connectivity index (χ2v) is 4.38. The van der Waals surface area contributed by atoms with Crippen LogP contribution in [0.3, 0.4) is 0 Å². The van der Waals surface area contributed by atoms with E-state index in [1.54, 1.807) is 0 Å². The molecule has 0 aromatic carbocycles. The number of carbonyl (C=O) groups is 1. The van der Waals surface area contributed by atoms with Crippen molar-refractivity contribution in [2.45, 2.75) is 32.2 Å². The van der Waals surface area contributed by atoms with Crippen LogP contribution in [-0.2, 0) is 11.3 Å². The molecule has 1 atom stereocenters. The summed E-state index contributed by atoms with van der Waals surface area (Å²) in [6.07, 6.45) is 5.23. The van der Waals surface area contributed by atoms with Crippen molar-refractivity contribution in [2.24, 2.45) is 5.92 Å². The Morgan fingerprint density at radius 3 is 3.29 bits per heavy atom. The van der Waals surface area contributed by atoms with Gasteiger partial charge in [0.25, 0.3) is 0 Å². The van der Waals surface area contributed by atoms with Gasteiger partial charge in [-0.25, -0.2) is 0 Å². The van der Waals surface area contributed by atoms with E-state index in [-0.39, 0.29) is 5.91 Å². The molecule has 1 fully saturated rings. The number of hydrogen-bond acceptors (Lipinski definition) is 5. The molecular weight excluding hydrogens is 220 g/mol. The average molecular weight is 238 g/mol. The van der Waals surface area contributed by atoms with Crippen LogP contribution in [0, 0.1) is 5.92 Å². The minimum atomic E-state index is 0.0559. The molecule has 1 aromatic rings. The van der Waals surface area contributed by atoms with Crippen LogP contribution in [0.5, 0.6) is 0 Å². The first-order valence-corrected chi connectivity index (χ1v) is 6.07. The maximum absolute atomic E-state index is 11.6. The second kappa shape index (κ2) is 6.34. The fourth-order valence-corrected chi connectivity index (χ4v) is 2.04. The summed E-state index contributed by atoms with van der Waals surface area (Å²) >= 11 is 0. The molecule has 1 aliphatic heterocycles. The highest BCUT2D eigenvalue weighted by Crippen LogP contribution is 2.15. The standard InChI is InChI=1S/C11H18N4O2/c16-11(13-7-10-14-8-17-15-10)4-3-9-2-1-5-12-6-9/h8-9,12H,1-7H2,(H,13,16). The number of aromatic nitrogens is 2. The van der Waals surface area contributed by atoms with Crippen molar-refractivity contribution in [3.05, 3.63) is 12.2 Å². The van der Waals surface area contributed by atoms with Gasteiger partial charge in [0, 0.05) is 6.42 Å². The monoisotopic (exact) mass is 238 g/mol. The van der Waals surface area contributed by atoms with Gasteiger partial charge in [0.15, 0.2) is 5.82 Å². The van der Waals surface area contributed by atoms with Gasteiger partial charge in [-0.3, -0.25) is 4.79 Å². The number of nitrogens with one attached hydrogen (secondary N) is 2. The molecule has 6 nitrogen and oxygen atoms in total. The van der Waals surface area contributed by atoms with Crippen LogP contribution in [0.2, 0.25) is 0 Å². The number of nitrogens with zero attached hydrogens (tertiary/aromatic N) is 2. The Balaban J connectivity index is 1.60. The number of carbonyl (C=O) groups excluding carboxylic acids is 1. The summed E-state index contributed by atoms with van der Waals surface area (Å²) < 4.78 is 4.58. The number of rotatable bonds is 5. The average Bonchev–Trinajstić information content (AvgIpc) is 2.88. The lowest BCUT2D eigenvalue weighted by molar-refractivity contribution is -0.121. The van der Waals surface area contributed by atoms with E-state index in [1.807, 2.05) is 0 Å². The van der Waals surface area contributed by atoms with Gasteiger partial charge < -0.3 is 15.2 Å². The highest BCUT2D eigenvalue weighted by atomic mass is 16.5. The molecule has 0 radical (unpaired) electrons. The van der Waals surface area contributed by atoms with Crippen LogP contribution in [0.4, 0.5) is 0 Å². The van der Waals surface area contributed by atoms with Crippen molar-refractivity contribution in [2.75, 3.05) is 13.1 Å². The zero-order chi connectivity index (χ0) is 11.9. The Morgan fingerprint density at radius 1 is 1.65 bits per heavy atom. The first-order chi connectivity index (χ1) is 8.34. The van der Waals surface area contributed by atoms with Gasteiger partial charge in [0.05, 0.1) is 6.54 Å². The van der Waals surface area contributed by atoms with Crippen molar-refractivity contribution >= 4 is 5.91 Å². The third kappa shape index (κ3) is 4.14. The third-order valence-electron chi connectivity index (χ3n) is 3.03. The molecule has 1 amide bonds. The molecule has 0 aliphatic carbocycles. The molecule has 1 aromatic heterocycles. The molecule has 1 aliphatic rings. The van der Waals surface area contributed by atoms with Crippen molar-refractivity contribution < 1.29 is 9.32 Å². The van der Waals surface area contributed by atoms with Gasteiger partial charge in [-0.2, -0.15) is 4.98 Å². The van der Waals surface area contributed by atoms with E-state index in [4.69, 9.17) is 0 Å². The molecule has 0 spiro atoms. The Kier molecular flexibility index (Phi) is 4.49. The van der Waals surface area contributed by atoms with Crippen molar-refractivity contribution in [3.63, 3.8) is 0 Å². The van der Waals surface area contributed by atoms with Gasteiger partial charge in [0.1, 0.15) is 0 Å². The van der Waals surface area contributed by atoms with Crippen LogP contribution in [-0.4, -0.2) is 29.1 Å². The summed E-state index contributed by atoms with van der Waals surface area (Å²) in [6.45, 7) is 2.50. The maximum Gasteiger partial charge on any atom is 0.220 e. The fraction of sp³-hybridized carbons (Fsp3) is 0.727. The van der Waals surface area contributed by atoms with Gasteiger partial charge in [-0.05, 0) is 38.3 Å². The molecule has 2 heterocycles. The van der Waals surface area contributed by atoms with Crippen molar-refractivity contribution in [1.82, 2.24) is 20.8 Å². The van der Waals surface area contributed by atoms with Crippen LogP contribution >= 0.6 is 0 Å².